The van der Waals surface area contributed by atoms with E-state index in [4.69, 9.17) is 0 Å². The minimum Gasteiger partial charge on any atom is -0.478 e. The Labute approximate surface area is 170 Å². The van der Waals surface area contributed by atoms with Crippen LogP contribution in [0.25, 0.3) is 11.1 Å². The molecule has 1 N–H and O–H groups in total. The highest BCUT2D eigenvalue weighted by molar-refractivity contribution is 5.95. The molecule has 0 bridgehead atoms. The third kappa shape index (κ3) is 4.47. The maximum Gasteiger partial charge on any atom is 0.346 e. The molecular weight excluding hydrogens is 366 g/mol. The first-order chi connectivity index (χ1) is 13.9. The number of carbonyl (C=O) groups is 1. The van der Waals surface area contributed by atoms with Gasteiger partial charge in [0, 0.05) is 12.5 Å². The summed E-state index contributed by atoms with van der Waals surface area (Å²) in [5.74, 6) is -0.0176. The van der Waals surface area contributed by atoms with E-state index in [1.165, 1.54) is 0 Å². The third-order valence-corrected chi connectivity index (χ3v) is 4.95. The second-order valence-corrected chi connectivity index (χ2v) is 7.51. The van der Waals surface area contributed by atoms with Gasteiger partial charge >= 0.3 is 11.7 Å². The summed E-state index contributed by atoms with van der Waals surface area (Å²) in [7, 11) is 0. The van der Waals surface area contributed by atoms with Crippen molar-refractivity contribution in [3.63, 3.8) is 0 Å². The fourth-order valence-corrected chi connectivity index (χ4v) is 3.38. The summed E-state index contributed by atoms with van der Waals surface area (Å²) < 4.78 is 3.30. The van der Waals surface area contributed by atoms with Gasteiger partial charge in [-0.3, -0.25) is 4.57 Å². The van der Waals surface area contributed by atoms with Gasteiger partial charge < -0.3 is 5.11 Å². The van der Waals surface area contributed by atoms with Crippen molar-refractivity contribution < 1.29 is 9.90 Å². The molecule has 3 aromatic rings. The van der Waals surface area contributed by atoms with Crippen molar-refractivity contribution in [2.75, 3.05) is 0 Å². The smallest absolute Gasteiger partial charge is 0.346 e. The molecule has 0 aliphatic rings. The van der Waals surface area contributed by atoms with Crippen LogP contribution in [-0.2, 0) is 13.1 Å². The number of aryl methyl sites for hydroxylation is 1. The Bertz CT molecular complexity index is 1050. The van der Waals surface area contributed by atoms with E-state index in [0.29, 0.717) is 18.7 Å². The van der Waals surface area contributed by atoms with Crippen LogP contribution in [0.2, 0.25) is 0 Å². The monoisotopic (exact) mass is 393 g/mol. The quantitative estimate of drug-likeness (QED) is 0.616. The lowest BCUT2D eigenvalue weighted by molar-refractivity contribution is 0.0697. The first-order valence-electron chi connectivity index (χ1n) is 10.0. The van der Waals surface area contributed by atoms with Crippen LogP contribution in [-0.4, -0.2) is 25.4 Å². The predicted octanol–water partition coefficient (Wildman–Crippen LogP) is 4.38. The average molecular weight is 393 g/mol. The maximum atomic E-state index is 12.8. The summed E-state index contributed by atoms with van der Waals surface area (Å²) in [6.45, 7) is 7.24. The van der Waals surface area contributed by atoms with E-state index < -0.39 is 5.97 Å². The Morgan fingerprint density at radius 3 is 2.41 bits per heavy atom. The Morgan fingerprint density at radius 1 is 1.10 bits per heavy atom. The summed E-state index contributed by atoms with van der Waals surface area (Å²) in [4.78, 5) is 24.3. The predicted molar refractivity (Wildman–Crippen MR) is 113 cm³/mol. The van der Waals surface area contributed by atoms with Crippen molar-refractivity contribution in [3.05, 3.63) is 76.0 Å². The molecule has 0 atom stereocenters. The van der Waals surface area contributed by atoms with Crippen molar-refractivity contribution in [1.29, 1.82) is 0 Å². The largest absolute Gasteiger partial charge is 0.478 e. The van der Waals surface area contributed by atoms with Gasteiger partial charge in [-0.05, 0) is 29.2 Å². The van der Waals surface area contributed by atoms with E-state index in [-0.39, 0.29) is 17.2 Å². The fourth-order valence-electron chi connectivity index (χ4n) is 3.38. The standard InChI is InChI=1S/C23H27N3O3/c1-4-5-14-26-23(29)25(21(24-26)16(2)3)15-17-10-12-18(13-11-17)19-8-6-7-9-20(19)22(27)28/h6-13,16H,4-5,14-15H2,1-3H3,(H,27,28). The molecule has 0 unspecified atom stereocenters. The zero-order valence-corrected chi connectivity index (χ0v) is 17.1. The summed E-state index contributed by atoms with van der Waals surface area (Å²) >= 11 is 0. The summed E-state index contributed by atoms with van der Waals surface area (Å²) in [6, 6.07) is 14.6. The first-order valence-corrected chi connectivity index (χ1v) is 10.0. The Morgan fingerprint density at radius 2 is 1.79 bits per heavy atom. The van der Waals surface area contributed by atoms with Gasteiger partial charge in [-0.1, -0.05) is 69.7 Å². The number of aromatic carboxylic acids is 1. The number of carboxylic acids is 1. The maximum absolute atomic E-state index is 12.8. The van der Waals surface area contributed by atoms with E-state index in [1.807, 2.05) is 44.2 Å². The molecule has 0 radical (unpaired) electrons. The van der Waals surface area contributed by atoms with Crippen LogP contribution in [0.15, 0.2) is 53.3 Å². The number of aromatic nitrogens is 3. The van der Waals surface area contributed by atoms with Crippen molar-refractivity contribution in [2.45, 2.75) is 52.6 Å². The van der Waals surface area contributed by atoms with Gasteiger partial charge in [-0.25, -0.2) is 14.3 Å². The molecule has 0 saturated heterocycles. The van der Waals surface area contributed by atoms with Gasteiger partial charge in [0.1, 0.15) is 5.82 Å². The summed E-state index contributed by atoms with van der Waals surface area (Å²) in [6.07, 6.45) is 1.93. The lowest BCUT2D eigenvalue weighted by atomic mass is 9.99. The molecule has 0 spiro atoms. The number of carboxylic acid groups (broad SMARTS) is 1. The summed E-state index contributed by atoms with van der Waals surface area (Å²) in [5.41, 5.74) is 2.68. The molecule has 6 nitrogen and oxygen atoms in total. The third-order valence-electron chi connectivity index (χ3n) is 4.95. The number of rotatable bonds is 8. The molecule has 0 saturated carbocycles. The highest BCUT2D eigenvalue weighted by Crippen LogP contribution is 2.24. The molecule has 0 aliphatic heterocycles. The average Bonchev–Trinajstić information content (AvgIpc) is 3.03. The van der Waals surface area contributed by atoms with Crippen LogP contribution < -0.4 is 5.69 Å². The molecule has 3 rings (SSSR count). The van der Waals surface area contributed by atoms with Crippen LogP contribution in [0.3, 0.4) is 0 Å². The van der Waals surface area contributed by atoms with Crippen LogP contribution in [0.4, 0.5) is 0 Å². The number of hydrogen-bond donors (Lipinski definition) is 1. The lowest BCUT2D eigenvalue weighted by Gasteiger charge is -2.10. The Balaban J connectivity index is 1.90. The summed E-state index contributed by atoms with van der Waals surface area (Å²) in [5, 5.41) is 13.9. The van der Waals surface area contributed by atoms with Crippen molar-refractivity contribution in [1.82, 2.24) is 14.3 Å². The zero-order valence-electron chi connectivity index (χ0n) is 17.1. The Hall–Kier alpha value is -3.15. The number of nitrogens with zero attached hydrogens (tertiary/aromatic N) is 3. The Kier molecular flexibility index (Phi) is 6.32. The van der Waals surface area contributed by atoms with Crippen LogP contribution >= 0.6 is 0 Å². The second-order valence-electron chi connectivity index (χ2n) is 7.51. The fraction of sp³-hybridized carbons (Fsp3) is 0.348. The molecule has 2 aromatic carbocycles. The molecule has 1 aromatic heterocycles. The van der Waals surface area contributed by atoms with Crippen LogP contribution in [0, 0.1) is 0 Å². The minimum absolute atomic E-state index is 0.0811. The van der Waals surface area contributed by atoms with Gasteiger partial charge in [0.25, 0.3) is 0 Å². The molecule has 152 valence electrons. The van der Waals surface area contributed by atoms with Gasteiger partial charge in [-0.2, -0.15) is 5.10 Å². The van der Waals surface area contributed by atoms with E-state index >= 15 is 0 Å². The van der Waals surface area contributed by atoms with Crippen molar-refractivity contribution in [2.24, 2.45) is 0 Å². The molecule has 1 heterocycles. The number of hydrogen-bond acceptors (Lipinski definition) is 3. The molecule has 0 amide bonds. The number of benzene rings is 2. The van der Waals surface area contributed by atoms with Gasteiger partial charge in [0.05, 0.1) is 12.1 Å². The number of unbranched alkanes of at least 4 members (excludes halogenated alkanes) is 1. The topological polar surface area (TPSA) is 77.1 Å². The van der Waals surface area contributed by atoms with E-state index in [1.54, 1.807) is 27.4 Å². The minimum atomic E-state index is -0.947. The molecule has 0 aliphatic carbocycles. The van der Waals surface area contributed by atoms with E-state index in [0.717, 1.165) is 29.8 Å². The molecule has 0 fully saturated rings. The highest BCUT2D eigenvalue weighted by atomic mass is 16.4. The first kappa shape index (κ1) is 20.6. The zero-order chi connectivity index (χ0) is 21.0. The van der Waals surface area contributed by atoms with Crippen LogP contribution in [0.5, 0.6) is 0 Å². The normalized spacial score (nSPS) is 11.2. The molecule has 6 heteroatoms. The SMILES string of the molecule is CCCCn1nc(C(C)C)n(Cc2ccc(-c3ccccc3C(=O)O)cc2)c1=O. The van der Waals surface area contributed by atoms with Gasteiger partial charge in [-0.15, -0.1) is 0 Å². The van der Waals surface area contributed by atoms with E-state index in [2.05, 4.69) is 12.0 Å². The second kappa shape index (κ2) is 8.90. The molecular formula is C23H27N3O3. The van der Waals surface area contributed by atoms with E-state index in [9.17, 15) is 14.7 Å². The lowest BCUT2D eigenvalue weighted by Crippen LogP contribution is -2.26. The van der Waals surface area contributed by atoms with Gasteiger partial charge in [0.15, 0.2) is 0 Å². The van der Waals surface area contributed by atoms with Crippen molar-refractivity contribution >= 4 is 5.97 Å². The molecule has 29 heavy (non-hydrogen) atoms. The van der Waals surface area contributed by atoms with Gasteiger partial charge in [0.2, 0.25) is 0 Å². The van der Waals surface area contributed by atoms with Crippen LogP contribution in [0.1, 0.15) is 61.3 Å². The van der Waals surface area contributed by atoms with Crippen molar-refractivity contribution in [3.8, 4) is 11.1 Å². The highest BCUT2D eigenvalue weighted by Gasteiger charge is 2.16.